The van der Waals surface area contributed by atoms with Crippen LogP contribution in [0, 0.1) is 11.3 Å². The predicted octanol–water partition coefficient (Wildman–Crippen LogP) is 2.80. The minimum absolute atomic E-state index is 0.0332. The Morgan fingerprint density at radius 2 is 1.94 bits per heavy atom. The first-order valence-electron chi connectivity index (χ1n) is 5.46. The van der Waals surface area contributed by atoms with E-state index in [1.807, 2.05) is 20.8 Å². The zero-order valence-electron chi connectivity index (χ0n) is 9.77. The Morgan fingerprint density at radius 1 is 1.38 bits per heavy atom. The van der Waals surface area contributed by atoms with Crippen molar-refractivity contribution in [1.29, 1.82) is 0 Å². The first-order valence-corrected chi connectivity index (χ1v) is 5.89. The highest BCUT2D eigenvalue weighted by molar-refractivity contribution is 6.20. The molecule has 5 heteroatoms. The van der Waals surface area contributed by atoms with Crippen LogP contribution < -0.4 is 5.32 Å². The quantitative estimate of drug-likeness (QED) is 0.606. The first kappa shape index (κ1) is 13.8. The zero-order valence-corrected chi connectivity index (χ0v) is 10.5. The Labute approximate surface area is 99.7 Å². The van der Waals surface area contributed by atoms with Crippen molar-refractivity contribution in [2.45, 2.75) is 51.6 Å². The van der Waals surface area contributed by atoms with Crippen molar-refractivity contribution >= 4 is 17.4 Å². The van der Waals surface area contributed by atoms with E-state index in [1.165, 1.54) is 0 Å². The van der Waals surface area contributed by atoms with Gasteiger partial charge in [0.25, 0.3) is 0 Å². The monoisotopic (exact) mass is 253 g/mol. The summed E-state index contributed by atoms with van der Waals surface area (Å²) >= 11 is 5.82. The fourth-order valence-corrected chi connectivity index (χ4v) is 2.28. The molecule has 0 amide bonds. The maximum Gasteiger partial charge on any atom is 0.244 e. The molecule has 1 rings (SSSR count). The largest absolute Gasteiger partial charge is 0.297 e. The van der Waals surface area contributed by atoms with Crippen LogP contribution >= 0.6 is 11.6 Å². The Balaban J connectivity index is 2.62. The number of nitrogens with one attached hydrogen (secondary N) is 1. The van der Waals surface area contributed by atoms with E-state index in [0.29, 0.717) is 12.8 Å². The number of alkyl halides is 3. The second-order valence-corrected chi connectivity index (χ2v) is 5.78. The van der Waals surface area contributed by atoms with Gasteiger partial charge in [0, 0.05) is 11.3 Å². The molecular formula is C11H18ClF2NO. The lowest BCUT2D eigenvalue weighted by Gasteiger charge is -2.35. The summed E-state index contributed by atoms with van der Waals surface area (Å²) in [6, 6.07) is -0.391. The molecule has 0 spiro atoms. The van der Waals surface area contributed by atoms with Crippen molar-refractivity contribution in [3.05, 3.63) is 0 Å². The number of piperidine rings is 1. The van der Waals surface area contributed by atoms with Gasteiger partial charge in [0.15, 0.2) is 5.78 Å². The van der Waals surface area contributed by atoms with Gasteiger partial charge in [0.2, 0.25) is 6.43 Å². The molecule has 1 N–H and O–H groups in total. The standard InChI is InChI=1S/C11H18ClF2NO/c1-11(2,3)8(16)7-5-4-6(10(13)14)9(12)15-7/h6-7,9-10,15H,4-5H2,1-3H3. The first-order chi connectivity index (χ1) is 7.23. The molecule has 1 aliphatic rings. The molecule has 0 bridgehead atoms. The molecule has 1 aliphatic heterocycles. The average molecular weight is 254 g/mol. The molecule has 0 aromatic carbocycles. The highest BCUT2D eigenvalue weighted by Crippen LogP contribution is 2.30. The summed E-state index contributed by atoms with van der Waals surface area (Å²) in [6.45, 7) is 5.46. The number of hydrogen-bond acceptors (Lipinski definition) is 2. The molecule has 3 unspecified atom stereocenters. The molecule has 94 valence electrons. The van der Waals surface area contributed by atoms with E-state index in [9.17, 15) is 13.6 Å². The summed E-state index contributed by atoms with van der Waals surface area (Å²) in [5.74, 6) is -0.823. The number of ketones is 1. The molecule has 1 saturated heterocycles. The lowest BCUT2D eigenvalue weighted by atomic mass is 9.82. The van der Waals surface area contributed by atoms with Crippen molar-refractivity contribution in [3.8, 4) is 0 Å². The second-order valence-electron chi connectivity index (χ2n) is 5.31. The number of hydrogen-bond donors (Lipinski definition) is 1. The summed E-state index contributed by atoms with van der Waals surface area (Å²) < 4.78 is 25.0. The van der Waals surface area contributed by atoms with E-state index in [0.717, 1.165) is 0 Å². The van der Waals surface area contributed by atoms with Crippen molar-refractivity contribution in [3.63, 3.8) is 0 Å². The van der Waals surface area contributed by atoms with Gasteiger partial charge in [0.05, 0.1) is 11.5 Å². The maximum atomic E-state index is 12.5. The van der Waals surface area contributed by atoms with Crippen molar-refractivity contribution in [2.24, 2.45) is 11.3 Å². The summed E-state index contributed by atoms with van der Waals surface area (Å²) in [4.78, 5) is 11.9. The van der Waals surface area contributed by atoms with Gasteiger partial charge in [0.1, 0.15) is 0 Å². The molecule has 3 atom stereocenters. The van der Waals surface area contributed by atoms with Gasteiger partial charge in [-0.05, 0) is 12.8 Å². The van der Waals surface area contributed by atoms with Gasteiger partial charge in [-0.2, -0.15) is 0 Å². The van der Waals surface area contributed by atoms with Crippen LogP contribution in [-0.4, -0.2) is 23.8 Å². The molecule has 0 saturated carbocycles. The van der Waals surface area contributed by atoms with Crippen LogP contribution in [0.25, 0.3) is 0 Å². The highest BCUT2D eigenvalue weighted by Gasteiger charge is 2.39. The highest BCUT2D eigenvalue weighted by atomic mass is 35.5. The van der Waals surface area contributed by atoms with Crippen LogP contribution in [0.1, 0.15) is 33.6 Å². The number of Topliss-reactive ketones (excluding diaryl/α,β-unsaturated/α-hetero) is 1. The fourth-order valence-electron chi connectivity index (χ4n) is 1.89. The van der Waals surface area contributed by atoms with E-state index in [1.54, 1.807) is 0 Å². The Kier molecular flexibility index (Phi) is 4.29. The molecule has 0 aromatic heterocycles. The molecule has 0 aliphatic carbocycles. The lowest BCUT2D eigenvalue weighted by molar-refractivity contribution is -0.129. The van der Waals surface area contributed by atoms with Gasteiger partial charge in [-0.1, -0.05) is 20.8 Å². The minimum Gasteiger partial charge on any atom is -0.297 e. The SMILES string of the molecule is CC(C)(C)C(=O)C1CCC(C(F)F)C(Cl)N1. The van der Waals surface area contributed by atoms with E-state index in [2.05, 4.69) is 5.32 Å². The third-order valence-electron chi connectivity index (χ3n) is 2.90. The minimum atomic E-state index is -2.43. The molecular weight excluding hydrogens is 236 g/mol. The number of rotatable bonds is 2. The van der Waals surface area contributed by atoms with Gasteiger partial charge in [-0.15, -0.1) is 11.6 Å². The second kappa shape index (κ2) is 4.96. The topological polar surface area (TPSA) is 29.1 Å². The zero-order chi connectivity index (χ0) is 12.5. The van der Waals surface area contributed by atoms with Gasteiger partial charge in [-0.3, -0.25) is 10.1 Å². The van der Waals surface area contributed by atoms with E-state index < -0.39 is 29.3 Å². The maximum absolute atomic E-state index is 12.5. The number of halogens is 3. The van der Waals surface area contributed by atoms with E-state index >= 15 is 0 Å². The Morgan fingerprint density at radius 3 is 2.31 bits per heavy atom. The predicted molar refractivity (Wildman–Crippen MR) is 59.8 cm³/mol. The summed E-state index contributed by atoms with van der Waals surface area (Å²) in [7, 11) is 0. The number of carbonyl (C=O) groups is 1. The van der Waals surface area contributed by atoms with Crippen molar-refractivity contribution < 1.29 is 13.6 Å². The van der Waals surface area contributed by atoms with E-state index in [-0.39, 0.29) is 5.78 Å². The molecule has 0 radical (unpaired) electrons. The average Bonchev–Trinajstić information content (AvgIpc) is 2.14. The molecule has 1 fully saturated rings. The molecule has 2 nitrogen and oxygen atoms in total. The van der Waals surface area contributed by atoms with Crippen molar-refractivity contribution in [1.82, 2.24) is 5.32 Å². The van der Waals surface area contributed by atoms with Crippen LogP contribution in [-0.2, 0) is 4.79 Å². The van der Waals surface area contributed by atoms with Crippen LogP contribution in [0.15, 0.2) is 0 Å². The Hall–Kier alpha value is -0.220. The van der Waals surface area contributed by atoms with Gasteiger partial charge in [-0.25, -0.2) is 8.78 Å². The van der Waals surface area contributed by atoms with Crippen LogP contribution in [0.2, 0.25) is 0 Å². The lowest BCUT2D eigenvalue weighted by Crippen LogP contribution is -2.52. The summed E-state index contributed by atoms with van der Waals surface area (Å²) in [5, 5.41) is 2.79. The van der Waals surface area contributed by atoms with Crippen molar-refractivity contribution in [2.75, 3.05) is 0 Å². The third kappa shape index (κ3) is 3.14. The van der Waals surface area contributed by atoms with Crippen LogP contribution in [0.5, 0.6) is 0 Å². The number of carbonyl (C=O) groups excluding carboxylic acids is 1. The molecule has 1 heterocycles. The third-order valence-corrected chi connectivity index (χ3v) is 3.35. The summed E-state index contributed by atoms with van der Waals surface area (Å²) in [6.07, 6.45) is -1.69. The van der Waals surface area contributed by atoms with E-state index in [4.69, 9.17) is 11.6 Å². The van der Waals surface area contributed by atoms with Crippen LogP contribution in [0.3, 0.4) is 0 Å². The smallest absolute Gasteiger partial charge is 0.244 e. The molecule has 16 heavy (non-hydrogen) atoms. The van der Waals surface area contributed by atoms with Gasteiger partial charge < -0.3 is 0 Å². The van der Waals surface area contributed by atoms with Crippen LogP contribution in [0.4, 0.5) is 8.78 Å². The summed E-state index contributed by atoms with van der Waals surface area (Å²) in [5.41, 5.74) is -1.28. The normalized spacial score (nSPS) is 31.8. The Bertz CT molecular complexity index is 265. The van der Waals surface area contributed by atoms with Gasteiger partial charge >= 0.3 is 0 Å². The molecule has 0 aromatic rings. The fraction of sp³-hybridized carbons (Fsp3) is 0.909.